The Bertz CT molecular complexity index is 712. The van der Waals surface area contributed by atoms with Gasteiger partial charge < -0.3 is 19.9 Å². The lowest BCUT2D eigenvalue weighted by atomic mass is 10.2. The first kappa shape index (κ1) is 17.2. The molecular weight excluding hydrogens is 318 g/mol. The van der Waals surface area contributed by atoms with E-state index in [1.165, 1.54) is 6.33 Å². The molecule has 1 saturated heterocycles. The summed E-state index contributed by atoms with van der Waals surface area (Å²) in [7, 11) is 1.61. The second-order valence-electron chi connectivity index (χ2n) is 5.87. The highest BCUT2D eigenvalue weighted by atomic mass is 16.5. The Morgan fingerprint density at radius 3 is 2.52 bits per heavy atom. The van der Waals surface area contributed by atoms with Crippen LogP contribution >= 0.6 is 0 Å². The van der Waals surface area contributed by atoms with Crippen molar-refractivity contribution in [2.45, 2.75) is 6.92 Å². The molecule has 1 N–H and O–H groups in total. The maximum atomic E-state index is 12.4. The second kappa shape index (κ2) is 7.94. The molecule has 2 heterocycles. The highest BCUT2D eigenvalue weighted by Gasteiger charge is 2.18. The molecule has 1 aromatic heterocycles. The molecule has 0 aliphatic carbocycles. The quantitative estimate of drug-likeness (QED) is 0.895. The van der Waals surface area contributed by atoms with Crippen molar-refractivity contribution in [2.75, 3.05) is 50.1 Å². The van der Waals surface area contributed by atoms with E-state index < -0.39 is 0 Å². The predicted molar refractivity (Wildman–Crippen MR) is 97.3 cm³/mol. The summed E-state index contributed by atoms with van der Waals surface area (Å²) in [5.41, 5.74) is 1.06. The minimum absolute atomic E-state index is 0.249. The summed E-state index contributed by atoms with van der Waals surface area (Å²) in [4.78, 5) is 25.5. The third kappa shape index (κ3) is 4.24. The number of piperazine rings is 1. The molecular formula is C18H23N5O2. The zero-order valence-electron chi connectivity index (χ0n) is 14.6. The molecule has 2 aromatic rings. The molecule has 7 heteroatoms. The second-order valence-corrected chi connectivity index (χ2v) is 5.87. The van der Waals surface area contributed by atoms with Crippen molar-refractivity contribution in [1.82, 2.24) is 14.9 Å². The van der Waals surface area contributed by atoms with E-state index in [1.807, 2.05) is 0 Å². The summed E-state index contributed by atoms with van der Waals surface area (Å²) in [5, 5.41) is 2.84. The van der Waals surface area contributed by atoms with Crippen molar-refractivity contribution in [2.24, 2.45) is 0 Å². The Morgan fingerprint density at radius 1 is 1.16 bits per heavy atom. The normalized spacial score (nSPS) is 15.0. The van der Waals surface area contributed by atoms with Gasteiger partial charge >= 0.3 is 0 Å². The minimum atomic E-state index is -0.249. The van der Waals surface area contributed by atoms with Crippen LogP contribution in [0.3, 0.4) is 0 Å². The number of anilines is 2. The molecule has 0 radical (unpaired) electrons. The van der Waals surface area contributed by atoms with Gasteiger partial charge in [-0.15, -0.1) is 0 Å². The van der Waals surface area contributed by atoms with E-state index in [0.29, 0.717) is 11.4 Å². The molecule has 1 aliphatic rings. The lowest BCUT2D eigenvalue weighted by molar-refractivity contribution is 0.102. The van der Waals surface area contributed by atoms with Crippen molar-refractivity contribution < 1.29 is 9.53 Å². The maximum Gasteiger partial charge on any atom is 0.274 e. The van der Waals surface area contributed by atoms with Crippen LogP contribution < -0.4 is 15.0 Å². The first-order chi connectivity index (χ1) is 12.2. The number of nitrogens with zero attached hydrogens (tertiary/aromatic N) is 4. The van der Waals surface area contributed by atoms with Crippen LogP contribution in [0, 0.1) is 0 Å². The van der Waals surface area contributed by atoms with Gasteiger partial charge in [0.15, 0.2) is 0 Å². The van der Waals surface area contributed by atoms with Gasteiger partial charge in [-0.2, -0.15) is 0 Å². The van der Waals surface area contributed by atoms with Crippen LogP contribution in [0.25, 0.3) is 0 Å². The first-order valence-electron chi connectivity index (χ1n) is 8.44. The van der Waals surface area contributed by atoms with Crippen molar-refractivity contribution in [3.63, 3.8) is 0 Å². The number of benzene rings is 1. The molecule has 1 fully saturated rings. The average molecular weight is 341 g/mol. The van der Waals surface area contributed by atoms with Crippen molar-refractivity contribution >= 4 is 17.4 Å². The van der Waals surface area contributed by atoms with Gasteiger partial charge in [0.2, 0.25) is 0 Å². The number of hydrogen-bond acceptors (Lipinski definition) is 6. The largest absolute Gasteiger partial charge is 0.497 e. The van der Waals surface area contributed by atoms with Crippen molar-refractivity contribution in [1.29, 1.82) is 0 Å². The van der Waals surface area contributed by atoms with Gasteiger partial charge in [0.1, 0.15) is 23.6 Å². The number of carbonyl (C=O) groups is 1. The highest BCUT2D eigenvalue weighted by Crippen LogP contribution is 2.17. The van der Waals surface area contributed by atoms with E-state index in [0.717, 1.165) is 44.3 Å². The van der Waals surface area contributed by atoms with Crippen LogP contribution in [0.4, 0.5) is 11.5 Å². The van der Waals surface area contributed by atoms with Crippen LogP contribution in [0.1, 0.15) is 17.4 Å². The van der Waals surface area contributed by atoms with Crippen molar-refractivity contribution in [3.05, 3.63) is 42.4 Å². The molecule has 1 amide bonds. The molecule has 1 aromatic carbocycles. The minimum Gasteiger partial charge on any atom is -0.497 e. The van der Waals surface area contributed by atoms with Crippen LogP contribution in [-0.2, 0) is 0 Å². The molecule has 3 rings (SSSR count). The Balaban J connectivity index is 1.67. The summed E-state index contributed by atoms with van der Waals surface area (Å²) in [6.45, 7) is 7.06. The SMILES string of the molecule is CCN1CCN(c2cc(C(=O)Nc3ccc(OC)cc3)ncn2)CC1. The number of methoxy groups -OCH3 is 1. The van der Waals surface area contributed by atoms with E-state index in [1.54, 1.807) is 37.4 Å². The van der Waals surface area contributed by atoms with E-state index in [2.05, 4.69) is 32.0 Å². The first-order valence-corrected chi connectivity index (χ1v) is 8.44. The van der Waals surface area contributed by atoms with Gasteiger partial charge in [-0.1, -0.05) is 6.92 Å². The highest BCUT2D eigenvalue weighted by molar-refractivity contribution is 6.03. The number of rotatable bonds is 5. The Labute approximate surface area is 147 Å². The number of likely N-dealkylation sites (N-methyl/N-ethyl adjacent to an activating group) is 1. The third-order valence-electron chi connectivity index (χ3n) is 4.38. The fourth-order valence-corrected chi connectivity index (χ4v) is 2.81. The molecule has 132 valence electrons. The Hall–Kier alpha value is -2.67. The summed E-state index contributed by atoms with van der Waals surface area (Å²) in [6, 6.07) is 8.94. The monoisotopic (exact) mass is 341 g/mol. The Kier molecular flexibility index (Phi) is 5.45. The lowest BCUT2D eigenvalue weighted by Crippen LogP contribution is -2.46. The number of ether oxygens (including phenoxy) is 1. The predicted octanol–water partition coefficient (Wildman–Crippen LogP) is 1.88. The van der Waals surface area contributed by atoms with Gasteiger partial charge in [-0.25, -0.2) is 9.97 Å². The van der Waals surface area contributed by atoms with E-state index in [9.17, 15) is 4.79 Å². The standard InChI is InChI=1S/C18H23N5O2/c1-3-22-8-10-23(11-9-22)17-12-16(19-13-20-17)18(24)21-14-4-6-15(25-2)7-5-14/h4-7,12-13H,3,8-11H2,1-2H3,(H,21,24). The topological polar surface area (TPSA) is 70.6 Å². The van der Waals surface area contributed by atoms with Gasteiger partial charge in [0.25, 0.3) is 5.91 Å². The third-order valence-corrected chi connectivity index (χ3v) is 4.38. The van der Waals surface area contributed by atoms with Crippen LogP contribution in [0.5, 0.6) is 5.75 Å². The van der Waals surface area contributed by atoms with Gasteiger partial charge in [0.05, 0.1) is 7.11 Å². The van der Waals surface area contributed by atoms with Gasteiger partial charge in [-0.3, -0.25) is 4.79 Å². The van der Waals surface area contributed by atoms with Gasteiger partial charge in [0, 0.05) is 37.9 Å². The molecule has 0 saturated carbocycles. The summed E-state index contributed by atoms with van der Waals surface area (Å²) in [5.74, 6) is 1.29. The molecule has 1 aliphatic heterocycles. The summed E-state index contributed by atoms with van der Waals surface area (Å²) < 4.78 is 5.12. The molecule has 0 atom stereocenters. The number of aromatic nitrogens is 2. The zero-order chi connectivity index (χ0) is 17.6. The van der Waals surface area contributed by atoms with Crippen molar-refractivity contribution in [3.8, 4) is 5.75 Å². The number of nitrogens with one attached hydrogen (secondary N) is 1. The fourth-order valence-electron chi connectivity index (χ4n) is 2.81. The molecule has 0 spiro atoms. The smallest absolute Gasteiger partial charge is 0.274 e. The lowest BCUT2D eigenvalue weighted by Gasteiger charge is -2.34. The fraction of sp³-hybridized carbons (Fsp3) is 0.389. The van der Waals surface area contributed by atoms with Gasteiger partial charge in [-0.05, 0) is 30.8 Å². The van der Waals surface area contributed by atoms with E-state index >= 15 is 0 Å². The summed E-state index contributed by atoms with van der Waals surface area (Å²) in [6.07, 6.45) is 1.45. The van der Waals surface area contributed by atoms with Crippen LogP contribution in [-0.4, -0.2) is 60.6 Å². The average Bonchev–Trinajstić information content (AvgIpc) is 2.68. The number of carbonyl (C=O) groups excluding carboxylic acids is 1. The molecule has 25 heavy (non-hydrogen) atoms. The van der Waals surface area contributed by atoms with E-state index in [4.69, 9.17) is 4.74 Å². The van der Waals surface area contributed by atoms with Crippen LogP contribution in [0.15, 0.2) is 36.7 Å². The number of amides is 1. The van der Waals surface area contributed by atoms with Crippen LogP contribution in [0.2, 0.25) is 0 Å². The molecule has 0 bridgehead atoms. The summed E-state index contributed by atoms with van der Waals surface area (Å²) >= 11 is 0. The van der Waals surface area contributed by atoms with E-state index in [-0.39, 0.29) is 5.91 Å². The molecule has 0 unspecified atom stereocenters. The zero-order valence-corrected chi connectivity index (χ0v) is 14.6. The number of hydrogen-bond donors (Lipinski definition) is 1. The molecule has 7 nitrogen and oxygen atoms in total. The Morgan fingerprint density at radius 2 is 1.88 bits per heavy atom. The maximum absolute atomic E-state index is 12.4.